The molecule has 0 aliphatic carbocycles. The number of piperidine rings is 2. The molecule has 8 heteroatoms. The number of ether oxygens (including phenoxy) is 1. The van der Waals surface area contributed by atoms with Crippen LogP contribution in [-0.2, 0) is 16.1 Å². The normalized spacial score (nSPS) is 26.6. The van der Waals surface area contributed by atoms with Gasteiger partial charge in [0.15, 0.2) is 0 Å². The molecule has 1 unspecified atom stereocenters. The summed E-state index contributed by atoms with van der Waals surface area (Å²) >= 11 is 0. The average Bonchev–Trinajstić information content (AvgIpc) is 3.22. The van der Waals surface area contributed by atoms with E-state index >= 15 is 0 Å². The quantitative estimate of drug-likeness (QED) is 0.803. The number of aromatic nitrogens is 3. The Morgan fingerprint density at radius 1 is 1.25 bits per heavy atom. The first-order valence-electron chi connectivity index (χ1n) is 10.7. The van der Waals surface area contributed by atoms with Gasteiger partial charge >= 0.3 is 0 Å². The summed E-state index contributed by atoms with van der Waals surface area (Å²) in [5.41, 5.74) is 0.160. The van der Waals surface area contributed by atoms with Crippen molar-refractivity contribution in [2.75, 3.05) is 39.4 Å². The highest BCUT2D eigenvalue weighted by Gasteiger charge is 2.43. The van der Waals surface area contributed by atoms with E-state index in [1.165, 1.54) is 6.33 Å². The van der Waals surface area contributed by atoms with Crippen molar-refractivity contribution in [3.05, 3.63) is 12.7 Å². The lowest BCUT2D eigenvalue weighted by molar-refractivity contribution is -0.136. The molecule has 1 aromatic heterocycles. The number of carbonyl (C=O) groups excluding carboxylic acids is 1. The number of aliphatic hydroxyl groups excluding tert-OH is 1. The predicted molar refractivity (Wildman–Crippen MR) is 104 cm³/mol. The molecular formula is C20H33N5O3. The smallest absolute Gasteiger partial charge is 0.222 e. The largest absolute Gasteiger partial charge is 0.392 e. The monoisotopic (exact) mass is 391 g/mol. The minimum Gasteiger partial charge on any atom is -0.392 e. The Bertz CT molecular complexity index is 624. The highest BCUT2D eigenvalue weighted by molar-refractivity contribution is 5.76. The summed E-state index contributed by atoms with van der Waals surface area (Å²) in [6.45, 7) is 5.88. The van der Waals surface area contributed by atoms with Gasteiger partial charge in [-0.25, -0.2) is 4.98 Å². The molecule has 1 N–H and O–H groups in total. The van der Waals surface area contributed by atoms with Crippen LogP contribution in [0.2, 0.25) is 0 Å². The van der Waals surface area contributed by atoms with Crippen molar-refractivity contribution in [1.29, 1.82) is 0 Å². The Morgan fingerprint density at radius 2 is 2.04 bits per heavy atom. The van der Waals surface area contributed by atoms with Crippen LogP contribution in [0, 0.1) is 5.41 Å². The number of rotatable bonds is 5. The summed E-state index contributed by atoms with van der Waals surface area (Å²) in [5, 5.41) is 14.6. The lowest BCUT2D eigenvalue weighted by Crippen LogP contribution is -2.57. The minimum atomic E-state index is -0.249. The number of aryl methyl sites for hydroxylation is 1. The third kappa shape index (κ3) is 4.72. The van der Waals surface area contributed by atoms with Crippen LogP contribution in [0.25, 0.3) is 0 Å². The van der Waals surface area contributed by atoms with E-state index in [0.717, 1.165) is 84.5 Å². The van der Waals surface area contributed by atoms with Crippen molar-refractivity contribution < 1.29 is 14.6 Å². The lowest BCUT2D eigenvalue weighted by Gasteiger charge is -2.51. The van der Waals surface area contributed by atoms with E-state index in [1.807, 2.05) is 4.90 Å². The summed E-state index contributed by atoms with van der Waals surface area (Å²) in [7, 11) is 0. The molecule has 4 heterocycles. The van der Waals surface area contributed by atoms with Crippen LogP contribution < -0.4 is 0 Å². The van der Waals surface area contributed by atoms with Crippen LogP contribution in [-0.4, -0.2) is 87.1 Å². The second-order valence-electron chi connectivity index (χ2n) is 8.77. The van der Waals surface area contributed by atoms with Crippen molar-refractivity contribution in [2.45, 2.75) is 63.6 Å². The second kappa shape index (κ2) is 8.88. The van der Waals surface area contributed by atoms with Gasteiger partial charge in [0.05, 0.1) is 6.10 Å². The van der Waals surface area contributed by atoms with Gasteiger partial charge in [0.2, 0.25) is 5.91 Å². The van der Waals surface area contributed by atoms with Crippen molar-refractivity contribution in [3.63, 3.8) is 0 Å². The van der Waals surface area contributed by atoms with E-state index in [-0.39, 0.29) is 17.4 Å². The van der Waals surface area contributed by atoms with E-state index in [1.54, 1.807) is 11.0 Å². The molecule has 156 valence electrons. The molecule has 0 bridgehead atoms. The molecule has 0 radical (unpaired) electrons. The summed E-state index contributed by atoms with van der Waals surface area (Å²) < 4.78 is 7.28. The summed E-state index contributed by atoms with van der Waals surface area (Å²) in [4.78, 5) is 21.0. The molecule has 3 aliphatic rings. The molecule has 28 heavy (non-hydrogen) atoms. The molecular weight excluding hydrogens is 358 g/mol. The van der Waals surface area contributed by atoms with Crippen molar-refractivity contribution in [2.24, 2.45) is 5.41 Å². The third-order valence-electron chi connectivity index (χ3n) is 6.78. The van der Waals surface area contributed by atoms with Crippen molar-refractivity contribution in [1.82, 2.24) is 24.6 Å². The Morgan fingerprint density at radius 3 is 2.75 bits per heavy atom. The van der Waals surface area contributed by atoms with Gasteiger partial charge in [-0.2, -0.15) is 5.10 Å². The molecule has 0 aromatic carbocycles. The van der Waals surface area contributed by atoms with E-state index in [9.17, 15) is 9.90 Å². The number of hydrogen-bond acceptors (Lipinski definition) is 6. The maximum atomic E-state index is 12.6. The molecule has 1 aromatic rings. The minimum absolute atomic E-state index is 0.160. The van der Waals surface area contributed by atoms with Crippen molar-refractivity contribution >= 4 is 5.91 Å². The number of aliphatic hydroxyl groups is 1. The average molecular weight is 392 g/mol. The number of amides is 1. The fraction of sp³-hybridized carbons (Fsp3) is 0.850. The Kier molecular flexibility index (Phi) is 6.28. The maximum absolute atomic E-state index is 12.6. The molecule has 3 saturated heterocycles. The number of carbonyl (C=O) groups is 1. The summed E-state index contributed by atoms with van der Waals surface area (Å²) in [6.07, 6.45) is 9.32. The van der Waals surface area contributed by atoms with Gasteiger partial charge in [0.1, 0.15) is 12.7 Å². The highest BCUT2D eigenvalue weighted by Crippen LogP contribution is 2.41. The molecule has 4 rings (SSSR count). The Labute approximate surface area is 166 Å². The van der Waals surface area contributed by atoms with Crippen LogP contribution in [0.3, 0.4) is 0 Å². The molecule has 8 nitrogen and oxygen atoms in total. The topological polar surface area (TPSA) is 83.7 Å². The third-order valence-corrected chi connectivity index (χ3v) is 6.78. The first-order valence-corrected chi connectivity index (χ1v) is 10.7. The SMILES string of the molecule is O=C(CCCn1cncn1)N1CCC2(CC1)CC(O)CN(C1CCOCC1)C2. The first kappa shape index (κ1) is 19.8. The van der Waals surface area contributed by atoms with Crippen LogP contribution in [0.4, 0.5) is 0 Å². The van der Waals surface area contributed by atoms with Gasteiger partial charge in [0.25, 0.3) is 0 Å². The lowest BCUT2D eigenvalue weighted by atomic mass is 9.71. The van der Waals surface area contributed by atoms with Gasteiger partial charge < -0.3 is 14.7 Å². The van der Waals surface area contributed by atoms with Crippen LogP contribution in [0.1, 0.15) is 44.9 Å². The Hall–Kier alpha value is -1.51. The number of β-amino-alcohol motifs (C(OH)–C–C–N with tert-alkyl or cyclic N) is 1. The van der Waals surface area contributed by atoms with Crippen LogP contribution in [0.5, 0.6) is 0 Å². The summed E-state index contributed by atoms with van der Waals surface area (Å²) in [6, 6.07) is 0.539. The molecule has 3 fully saturated rings. The van der Waals surface area contributed by atoms with Gasteiger partial charge in [0, 0.05) is 58.4 Å². The number of hydrogen-bond donors (Lipinski definition) is 1. The maximum Gasteiger partial charge on any atom is 0.222 e. The first-order chi connectivity index (χ1) is 13.6. The Balaban J connectivity index is 1.26. The van der Waals surface area contributed by atoms with Gasteiger partial charge in [-0.15, -0.1) is 0 Å². The standard InChI is InChI=1S/C20H33N5O3/c26-18-12-20(14-24(13-18)17-3-10-28-11-4-17)5-8-23(9-6-20)19(27)2-1-7-25-16-21-15-22-25/h15-18,26H,1-14H2. The summed E-state index contributed by atoms with van der Waals surface area (Å²) in [5.74, 6) is 0.243. The molecule has 1 atom stereocenters. The zero-order valence-electron chi connectivity index (χ0n) is 16.7. The zero-order valence-corrected chi connectivity index (χ0v) is 16.7. The van der Waals surface area contributed by atoms with E-state index < -0.39 is 0 Å². The van der Waals surface area contributed by atoms with Crippen molar-refractivity contribution in [3.8, 4) is 0 Å². The highest BCUT2D eigenvalue weighted by atomic mass is 16.5. The fourth-order valence-corrected chi connectivity index (χ4v) is 5.21. The van der Waals surface area contributed by atoms with Gasteiger partial charge in [-0.1, -0.05) is 0 Å². The van der Waals surface area contributed by atoms with Crippen LogP contribution in [0.15, 0.2) is 12.7 Å². The van der Waals surface area contributed by atoms with Gasteiger partial charge in [-0.3, -0.25) is 14.4 Å². The molecule has 0 saturated carbocycles. The van der Waals surface area contributed by atoms with Crippen LogP contribution >= 0.6 is 0 Å². The molecule has 1 amide bonds. The van der Waals surface area contributed by atoms with E-state index in [0.29, 0.717) is 12.5 Å². The van der Waals surface area contributed by atoms with E-state index in [4.69, 9.17) is 4.74 Å². The fourth-order valence-electron chi connectivity index (χ4n) is 5.21. The molecule has 1 spiro atoms. The molecule has 3 aliphatic heterocycles. The van der Waals surface area contributed by atoms with Gasteiger partial charge in [-0.05, 0) is 43.9 Å². The predicted octanol–water partition coefficient (Wildman–Crippen LogP) is 0.913. The number of nitrogens with zero attached hydrogens (tertiary/aromatic N) is 5. The zero-order chi connectivity index (χ0) is 19.4. The number of likely N-dealkylation sites (tertiary alicyclic amines) is 2. The van der Waals surface area contributed by atoms with E-state index in [2.05, 4.69) is 15.0 Å². The second-order valence-corrected chi connectivity index (χ2v) is 8.77.